The van der Waals surface area contributed by atoms with Crippen LogP contribution in [0.25, 0.3) is 0 Å². The number of hydrogen-bond acceptors (Lipinski definition) is 2. The zero-order valence-electron chi connectivity index (χ0n) is 4.64. The van der Waals surface area contributed by atoms with Crippen molar-refractivity contribution in [1.82, 2.24) is 5.48 Å². The molecule has 46 valence electrons. The van der Waals surface area contributed by atoms with Gasteiger partial charge in [-0.05, 0) is 13.3 Å². The van der Waals surface area contributed by atoms with Crippen LogP contribution in [0.1, 0.15) is 20.3 Å². The van der Waals surface area contributed by atoms with Crippen LogP contribution in [-0.2, 0) is 0 Å². The van der Waals surface area contributed by atoms with Gasteiger partial charge >= 0.3 is 0 Å². The van der Waals surface area contributed by atoms with Gasteiger partial charge < -0.3 is 5.21 Å². The lowest BCUT2D eigenvalue weighted by atomic mass is 10.3. The van der Waals surface area contributed by atoms with Gasteiger partial charge in [0.05, 0.1) is 0 Å². The number of rotatable bonds is 2. The summed E-state index contributed by atoms with van der Waals surface area (Å²) in [5.41, 5.74) is 2.11. The fourth-order valence-corrected chi connectivity index (χ4v) is 0.0913. The Morgan fingerprint density at radius 3 is 2.14 bits per heavy atom. The summed E-state index contributed by atoms with van der Waals surface area (Å²) in [6, 6.07) is 0.241. The monoisotopic (exact) mass is 125 g/mol. The molecule has 0 aliphatic rings. The van der Waals surface area contributed by atoms with Gasteiger partial charge in [0.25, 0.3) is 0 Å². The van der Waals surface area contributed by atoms with E-state index in [1.165, 1.54) is 0 Å². The number of hydroxylamine groups is 1. The third kappa shape index (κ3) is 6.21. The largest absolute Gasteiger partial charge is 0.317 e. The molecule has 2 N–H and O–H groups in total. The first-order chi connectivity index (χ1) is 2.81. The molecule has 0 spiro atoms. The topological polar surface area (TPSA) is 32.3 Å². The van der Waals surface area contributed by atoms with Crippen LogP contribution < -0.4 is 5.48 Å². The van der Waals surface area contributed by atoms with E-state index in [4.69, 9.17) is 5.21 Å². The molecule has 7 heavy (non-hydrogen) atoms. The van der Waals surface area contributed by atoms with E-state index in [9.17, 15) is 0 Å². The standard InChI is InChI=1S/C4H11NO.ClH/c1-3-4(2)5-6;/h4-6H,3H2,1-2H3;1H. The van der Waals surface area contributed by atoms with E-state index >= 15 is 0 Å². The SMILES string of the molecule is CCC(C)NO.Cl. The van der Waals surface area contributed by atoms with Crippen LogP contribution in [0.5, 0.6) is 0 Å². The zero-order chi connectivity index (χ0) is 4.99. The van der Waals surface area contributed by atoms with E-state index < -0.39 is 0 Å². The van der Waals surface area contributed by atoms with E-state index in [0.29, 0.717) is 0 Å². The van der Waals surface area contributed by atoms with Gasteiger partial charge in [-0.1, -0.05) is 6.92 Å². The molecule has 0 radical (unpaired) electrons. The molecule has 0 heterocycles. The third-order valence-electron chi connectivity index (χ3n) is 0.833. The molecule has 0 aromatic carbocycles. The lowest BCUT2D eigenvalue weighted by Gasteiger charge is -2.00. The fraction of sp³-hybridized carbons (Fsp3) is 1.00. The molecule has 0 fully saturated rings. The van der Waals surface area contributed by atoms with Crippen LogP contribution in [0.4, 0.5) is 0 Å². The Balaban J connectivity index is 0. The van der Waals surface area contributed by atoms with Crippen LogP contribution >= 0.6 is 12.4 Å². The molecule has 0 rings (SSSR count). The van der Waals surface area contributed by atoms with Gasteiger partial charge in [0, 0.05) is 6.04 Å². The molecule has 0 aromatic rings. The van der Waals surface area contributed by atoms with Crippen LogP contribution in [0.2, 0.25) is 0 Å². The van der Waals surface area contributed by atoms with Crippen LogP contribution in [-0.4, -0.2) is 11.2 Å². The Bertz CT molecular complexity index is 30.9. The molecular formula is C4H12ClNO. The minimum atomic E-state index is 0. The summed E-state index contributed by atoms with van der Waals surface area (Å²) in [5.74, 6) is 0. The van der Waals surface area contributed by atoms with Crippen molar-refractivity contribution in [1.29, 1.82) is 0 Å². The summed E-state index contributed by atoms with van der Waals surface area (Å²) in [5, 5.41) is 8.08. The van der Waals surface area contributed by atoms with E-state index in [1.54, 1.807) is 0 Å². The van der Waals surface area contributed by atoms with Gasteiger partial charge in [0.1, 0.15) is 0 Å². The Labute approximate surface area is 50.3 Å². The van der Waals surface area contributed by atoms with Crippen LogP contribution in [0.15, 0.2) is 0 Å². The van der Waals surface area contributed by atoms with E-state index in [1.807, 2.05) is 13.8 Å². The molecule has 2 nitrogen and oxygen atoms in total. The predicted molar refractivity (Wildman–Crippen MR) is 31.9 cm³/mol. The van der Waals surface area contributed by atoms with Crippen LogP contribution in [0, 0.1) is 0 Å². The summed E-state index contributed by atoms with van der Waals surface area (Å²) in [6.45, 7) is 3.92. The Morgan fingerprint density at radius 2 is 2.14 bits per heavy atom. The molecule has 0 aromatic heterocycles. The van der Waals surface area contributed by atoms with Gasteiger partial charge in [0.2, 0.25) is 0 Å². The maximum atomic E-state index is 8.08. The highest BCUT2D eigenvalue weighted by atomic mass is 35.5. The molecule has 0 aliphatic heterocycles. The van der Waals surface area contributed by atoms with Crippen molar-refractivity contribution in [3.8, 4) is 0 Å². The minimum absolute atomic E-state index is 0. The second-order valence-corrected chi connectivity index (χ2v) is 1.44. The summed E-state index contributed by atoms with van der Waals surface area (Å²) in [6.07, 6.45) is 0.969. The summed E-state index contributed by atoms with van der Waals surface area (Å²) in [4.78, 5) is 0. The van der Waals surface area contributed by atoms with E-state index in [0.717, 1.165) is 6.42 Å². The van der Waals surface area contributed by atoms with Crippen molar-refractivity contribution in [3.63, 3.8) is 0 Å². The third-order valence-corrected chi connectivity index (χ3v) is 0.833. The highest BCUT2D eigenvalue weighted by molar-refractivity contribution is 5.85. The van der Waals surface area contributed by atoms with Gasteiger partial charge in [-0.25, -0.2) is 5.48 Å². The molecule has 1 atom stereocenters. The Hall–Kier alpha value is 0.210. The van der Waals surface area contributed by atoms with Crippen molar-refractivity contribution in [2.75, 3.05) is 0 Å². The highest BCUT2D eigenvalue weighted by Gasteiger charge is 1.88. The number of halogens is 1. The van der Waals surface area contributed by atoms with Crippen molar-refractivity contribution in [3.05, 3.63) is 0 Å². The molecule has 1 unspecified atom stereocenters. The van der Waals surface area contributed by atoms with Crippen molar-refractivity contribution < 1.29 is 5.21 Å². The summed E-state index contributed by atoms with van der Waals surface area (Å²) in [7, 11) is 0. The lowest BCUT2D eigenvalue weighted by Crippen LogP contribution is -2.19. The second kappa shape index (κ2) is 6.21. The predicted octanol–water partition coefficient (Wildman–Crippen LogP) is 1.19. The average Bonchev–Trinajstić information content (AvgIpc) is 1.65. The van der Waals surface area contributed by atoms with E-state index in [-0.39, 0.29) is 18.4 Å². The zero-order valence-corrected chi connectivity index (χ0v) is 5.46. The van der Waals surface area contributed by atoms with Gasteiger partial charge in [0.15, 0.2) is 0 Å². The normalized spacial score (nSPS) is 12.4. The van der Waals surface area contributed by atoms with Crippen molar-refractivity contribution in [2.24, 2.45) is 0 Å². The van der Waals surface area contributed by atoms with Crippen LogP contribution in [0.3, 0.4) is 0 Å². The van der Waals surface area contributed by atoms with Gasteiger partial charge in [-0.3, -0.25) is 0 Å². The number of nitrogens with one attached hydrogen (secondary N) is 1. The molecule has 0 saturated carbocycles. The van der Waals surface area contributed by atoms with Gasteiger partial charge in [-0.15, -0.1) is 12.4 Å². The smallest absolute Gasteiger partial charge is 0.0288 e. The first-order valence-electron chi connectivity index (χ1n) is 2.20. The molecule has 3 heteroatoms. The van der Waals surface area contributed by atoms with Crippen molar-refractivity contribution >= 4 is 12.4 Å². The number of hydrogen-bond donors (Lipinski definition) is 2. The maximum absolute atomic E-state index is 8.08. The Kier molecular flexibility index (Phi) is 9.09. The van der Waals surface area contributed by atoms with Crippen molar-refractivity contribution in [2.45, 2.75) is 26.3 Å². The average molecular weight is 126 g/mol. The summed E-state index contributed by atoms with van der Waals surface area (Å²) < 4.78 is 0. The lowest BCUT2D eigenvalue weighted by molar-refractivity contribution is 0.131. The quantitative estimate of drug-likeness (QED) is 0.544. The molecule has 0 aliphatic carbocycles. The molecule has 0 amide bonds. The second-order valence-electron chi connectivity index (χ2n) is 1.44. The molecule has 0 bridgehead atoms. The fourth-order valence-electron chi connectivity index (χ4n) is 0.0913. The minimum Gasteiger partial charge on any atom is -0.317 e. The van der Waals surface area contributed by atoms with Gasteiger partial charge in [-0.2, -0.15) is 0 Å². The maximum Gasteiger partial charge on any atom is 0.0288 e. The van der Waals surface area contributed by atoms with E-state index in [2.05, 4.69) is 5.48 Å². The first kappa shape index (κ1) is 10.2. The highest BCUT2D eigenvalue weighted by Crippen LogP contribution is 1.82. The Morgan fingerprint density at radius 1 is 1.71 bits per heavy atom. The summed E-state index contributed by atoms with van der Waals surface area (Å²) >= 11 is 0. The first-order valence-corrected chi connectivity index (χ1v) is 2.20. The molecule has 0 saturated heterocycles. The molecular weight excluding hydrogens is 114 g/mol.